The van der Waals surface area contributed by atoms with Crippen LogP contribution in [-0.4, -0.2) is 78.1 Å². The van der Waals surface area contributed by atoms with Gasteiger partial charge in [0.2, 0.25) is 5.91 Å². The van der Waals surface area contributed by atoms with Crippen LogP contribution >= 0.6 is 0 Å². The Bertz CT molecular complexity index is 1320. The predicted molar refractivity (Wildman–Crippen MR) is 146 cm³/mol. The molecule has 0 spiro atoms. The third-order valence-electron chi connectivity index (χ3n) is 7.98. The van der Waals surface area contributed by atoms with Crippen molar-refractivity contribution in [2.45, 2.75) is 32.0 Å². The number of ether oxygens (including phenoxy) is 1. The fraction of sp³-hybridized carbons (Fsp3) is 0.414. The Morgan fingerprint density at radius 3 is 2.59 bits per heavy atom. The fourth-order valence-electron chi connectivity index (χ4n) is 5.73. The van der Waals surface area contributed by atoms with Crippen LogP contribution in [-0.2, 0) is 17.9 Å². The standard InChI is InChI=1S/C29H34N6O2/c1-3-27(36)33-13-15-34(16-14-33)28-25-18-35(23-11-10-21-7-4-5-8-22(21)17-23)19-26(25)30-29(31-28)37-20-24-9-6-12-32(24)2/h3-5,7-8,10-11,17,24H,1,6,9,12-16,18-20H2,2H3/t24-/m0/s1. The predicted octanol–water partition coefficient (Wildman–Crippen LogP) is 3.46. The van der Waals surface area contributed by atoms with E-state index in [1.165, 1.54) is 29.0 Å². The minimum Gasteiger partial charge on any atom is -0.462 e. The molecule has 1 aromatic heterocycles. The summed E-state index contributed by atoms with van der Waals surface area (Å²) in [6.07, 6.45) is 3.74. The minimum absolute atomic E-state index is 0.0141. The second-order valence-electron chi connectivity index (χ2n) is 10.2. The Kier molecular flexibility index (Phi) is 6.42. The lowest BCUT2D eigenvalue weighted by Gasteiger charge is -2.35. The molecule has 8 heteroatoms. The zero-order chi connectivity index (χ0) is 25.4. The van der Waals surface area contributed by atoms with E-state index < -0.39 is 0 Å². The topological polar surface area (TPSA) is 65.0 Å². The van der Waals surface area contributed by atoms with E-state index in [4.69, 9.17) is 14.7 Å². The van der Waals surface area contributed by atoms with Crippen molar-refractivity contribution in [2.24, 2.45) is 0 Å². The number of nitrogens with zero attached hydrogens (tertiary/aromatic N) is 6. The van der Waals surface area contributed by atoms with Gasteiger partial charge in [-0.3, -0.25) is 4.79 Å². The minimum atomic E-state index is -0.0141. The van der Waals surface area contributed by atoms with E-state index in [1.807, 2.05) is 4.90 Å². The Hall–Kier alpha value is -3.65. The van der Waals surface area contributed by atoms with Gasteiger partial charge in [0, 0.05) is 50.0 Å². The molecule has 0 aliphatic carbocycles. The summed E-state index contributed by atoms with van der Waals surface area (Å²) in [5, 5.41) is 2.47. The van der Waals surface area contributed by atoms with Crippen LogP contribution in [0.15, 0.2) is 55.1 Å². The first kappa shape index (κ1) is 23.7. The molecule has 192 valence electrons. The molecule has 0 unspecified atom stereocenters. The molecule has 2 saturated heterocycles. The first-order valence-corrected chi connectivity index (χ1v) is 13.2. The number of anilines is 2. The number of likely N-dealkylation sites (N-methyl/N-ethyl adjacent to an activating group) is 1. The highest BCUT2D eigenvalue weighted by atomic mass is 16.5. The van der Waals surface area contributed by atoms with Crippen LogP contribution < -0.4 is 14.5 Å². The van der Waals surface area contributed by atoms with Crippen LogP contribution in [0, 0.1) is 0 Å². The molecular weight excluding hydrogens is 464 g/mol. The summed E-state index contributed by atoms with van der Waals surface area (Å²) in [4.78, 5) is 30.8. The SMILES string of the molecule is C=CC(=O)N1CCN(c2nc(OC[C@@H]3CCCN3C)nc3c2CN(c2ccc4ccccc4c2)C3)CC1. The van der Waals surface area contributed by atoms with Crippen LogP contribution in [0.5, 0.6) is 6.01 Å². The number of carbonyl (C=O) groups is 1. The summed E-state index contributed by atoms with van der Waals surface area (Å²) >= 11 is 0. The van der Waals surface area contributed by atoms with Gasteiger partial charge in [-0.15, -0.1) is 0 Å². The van der Waals surface area contributed by atoms with Crippen LogP contribution in [0.1, 0.15) is 24.1 Å². The number of rotatable bonds is 6. The van der Waals surface area contributed by atoms with Gasteiger partial charge in [0.25, 0.3) is 0 Å². The fourth-order valence-corrected chi connectivity index (χ4v) is 5.73. The number of benzene rings is 2. The summed E-state index contributed by atoms with van der Waals surface area (Å²) < 4.78 is 6.21. The molecule has 0 bridgehead atoms. The molecule has 1 amide bonds. The molecule has 1 atom stereocenters. The highest BCUT2D eigenvalue weighted by Crippen LogP contribution is 2.35. The van der Waals surface area contributed by atoms with Crippen LogP contribution in [0.2, 0.25) is 0 Å². The van der Waals surface area contributed by atoms with Gasteiger partial charge in [0.05, 0.1) is 12.2 Å². The molecular formula is C29H34N6O2. The van der Waals surface area contributed by atoms with Gasteiger partial charge >= 0.3 is 6.01 Å². The number of fused-ring (bicyclic) bond motifs is 2. The second-order valence-corrected chi connectivity index (χ2v) is 10.2. The van der Waals surface area contributed by atoms with Gasteiger partial charge in [-0.05, 0) is 55.4 Å². The summed E-state index contributed by atoms with van der Waals surface area (Å²) in [5.41, 5.74) is 3.36. The van der Waals surface area contributed by atoms with Crippen molar-refractivity contribution in [3.05, 3.63) is 66.4 Å². The summed E-state index contributed by atoms with van der Waals surface area (Å²) in [5.74, 6) is 0.925. The van der Waals surface area contributed by atoms with Crippen LogP contribution in [0.3, 0.4) is 0 Å². The number of amides is 1. The van der Waals surface area contributed by atoms with Gasteiger partial charge in [-0.1, -0.05) is 36.9 Å². The number of carbonyl (C=O) groups excluding carboxylic acids is 1. The molecule has 6 rings (SSSR count). The number of hydrogen-bond donors (Lipinski definition) is 0. The third-order valence-corrected chi connectivity index (χ3v) is 7.98. The van der Waals surface area contributed by atoms with Gasteiger partial charge in [0.15, 0.2) is 0 Å². The monoisotopic (exact) mass is 498 g/mol. The molecule has 3 aromatic rings. The highest BCUT2D eigenvalue weighted by molar-refractivity contribution is 5.87. The number of piperazine rings is 1. The van der Waals surface area contributed by atoms with E-state index >= 15 is 0 Å². The van der Waals surface area contributed by atoms with Gasteiger partial charge in [-0.2, -0.15) is 9.97 Å². The van der Waals surface area contributed by atoms with E-state index in [0.717, 1.165) is 56.2 Å². The Balaban J connectivity index is 1.27. The molecule has 4 heterocycles. The van der Waals surface area contributed by atoms with Crippen molar-refractivity contribution < 1.29 is 9.53 Å². The largest absolute Gasteiger partial charge is 0.462 e. The smallest absolute Gasteiger partial charge is 0.318 e. The Morgan fingerprint density at radius 1 is 1.03 bits per heavy atom. The van der Waals surface area contributed by atoms with Crippen molar-refractivity contribution in [3.8, 4) is 6.01 Å². The Morgan fingerprint density at radius 2 is 1.84 bits per heavy atom. The zero-order valence-electron chi connectivity index (χ0n) is 21.5. The van der Waals surface area contributed by atoms with Gasteiger partial charge in [0.1, 0.15) is 12.4 Å². The molecule has 3 aliphatic rings. The van der Waals surface area contributed by atoms with Crippen molar-refractivity contribution in [1.82, 2.24) is 19.8 Å². The van der Waals surface area contributed by atoms with E-state index in [9.17, 15) is 4.79 Å². The van der Waals surface area contributed by atoms with Crippen LogP contribution in [0.25, 0.3) is 10.8 Å². The maximum atomic E-state index is 12.1. The molecule has 0 N–H and O–H groups in total. The number of hydrogen-bond acceptors (Lipinski definition) is 7. The normalized spacial score (nSPS) is 19.9. The molecule has 37 heavy (non-hydrogen) atoms. The number of likely N-dealkylation sites (tertiary alicyclic amines) is 1. The van der Waals surface area contributed by atoms with E-state index in [2.05, 4.69) is 70.8 Å². The van der Waals surface area contributed by atoms with Gasteiger partial charge in [-0.25, -0.2) is 0 Å². The van der Waals surface area contributed by atoms with E-state index in [1.54, 1.807) is 0 Å². The maximum Gasteiger partial charge on any atom is 0.318 e. The molecule has 2 aromatic carbocycles. The lowest BCUT2D eigenvalue weighted by Crippen LogP contribution is -2.48. The van der Waals surface area contributed by atoms with Crippen molar-refractivity contribution in [3.63, 3.8) is 0 Å². The molecule has 0 radical (unpaired) electrons. The third kappa shape index (κ3) is 4.73. The summed E-state index contributed by atoms with van der Waals surface area (Å²) in [6, 6.07) is 15.9. The van der Waals surface area contributed by atoms with Gasteiger partial charge < -0.3 is 24.3 Å². The first-order chi connectivity index (χ1) is 18.1. The van der Waals surface area contributed by atoms with Crippen molar-refractivity contribution >= 4 is 28.2 Å². The average molecular weight is 499 g/mol. The summed E-state index contributed by atoms with van der Waals surface area (Å²) in [7, 11) is 2.15. The lowest BCUT2D eigenvalue weighted by atomic mass is 10.1. The zero-order valence-corrected chi connectivity index (χ0v) is 21.5. The average Bonchev–Trinajstić information content (AvgIpc) is 3.56. The molecule has 8 nitrogen and oxygen atoms in total. The van der Waals surface area contributed by atoms with Crippen LogP contribution in [0.4, 0.5) is 11.5 Å². The Labute approximate surface area is 218 Å². The van der Waals surface area contributed by atoms with E-state index in [0.29, 0.717) is 31.7 Å². The molecule has 2 fully saturated rings. The first-order valence-electron chi connectivity index (χ1n) is 13.2. The molecule has 3 aliphatic heterocycles. The van der Waals surface area contributed by atoms with Crippen molar-refractivity contribution in [1.29, 1.82) is 0 Å². The lowest BCUT2D eigenvalue weighted by molar-refractivity contribution is -0.126. The summed E-state index contributed by atoms with van der Waals surface area (Å²) in [6.45, 7) is 9.58. The van der Waals surface area contributed by atoms with Crippen molar-refractivity contribution in [2.75, 3.05) is 56.2 Å². The number of aromatic nitrogens is 2. The highest BCUT2D eigenvalue weighted by Gasteiger charge is 2.31. The quantitative estimate of drug-likeness (QED) is 0.482. The molecule has 0 saturated carbocycles. The second kappa shape index (κ2) is 10.0. The maximum absolute atomic E-state index is 12.1. The van der Waals surface area contributed by atoms with E-state index in [-0.39, 0.29) is 5.91 Å².